The van der Waals surface area contributed by atoms with Gasteiger partial charge in [0.05, 0.1) is 6.04 Å². The van der Waals surface area contributed by atoms with E-state index in [1.165, 1.54) is 6.92 Å². The Morgan fingerprint density at radius 2 is 1.79 bits per heavy atom. The number of nitrogens with two attached hydrogens (primary N) is 1. The molecule has 0 saturated heterocycles. The molecule has 5 N–H and O–H groups in total. The van der Waals surface area contributed by atoms with Crippen molar-refractivity contribution in [3.8, 4) is 5.75 Å². The van der Waals surface area contributed by atoms with Crippen molar-refractivity contribution >= 4 is 11.8 Å². The monoisotopic (exact) mass is 265 g/mol. The average Bonchev–Trinajstić information content (AvgIpc) is 2.36. The largest absolute Gasteiger partial charge is 0.508 e. The van der Waals surface area contributed by atoms with E-state index < -0.39 is 6.04 Å². The number of aromatic hydroxyl groups is 1. The fraction of sp³-hybridized carbons (Fsp3) is 0.385. The summed E-state index contributed by atoms with van der Waals surface area (Å²) >= 11 is 0. The number of nitrogens with one attached hydrogen (secondary N) is 2. The van der Waals surface area contributed by atoms with E-state index in [4.69, 9.17) is 10.8 Å². The lowest BCUT2D eigenvalue weighted by atomic mass is 10.1. The van der Waals surface area contributed by atoms with Gasteiger partial charge in [0.25, 0.3) is 0 Å². The summed E-state index contributed by atoms with van der Waals surface area (Å²) in [7, 11) is 0. The Bertz CT molecular complexity index is 431. The molecule has 6 nitrogen and oxygen atoms in total. The third-order valence-corrected chi connectivity index (χ3v) is 2.53. The first kappa shape index (κ1) is 15.0. The molecule has 0 radical (unpaired) electrons. The van der Waals surface area contributed by atoms with Gasteiger partial charge in [-0.3, -0.25) is 9.59 Å². The fourth-order valence-corrected chi connectivity index (χ4v) is 1.53. The molecular weight excluding hydrogens is 246 g/mol. The zero-order chi connectivity index (χ0) is 14.3. The molecule has 19 heavy (non-hydrogen) atoms. The molecule has 0 spiro atoms. The van der Waals surface area contributed by atoms with Crippen LogP contribution in [-0.2, 0) is 16.0 Å². The summed E-state index contributed by atoms with van der Waals surface area (Å²) in [5.74, 6) is -0.224. The molecule has 1 rings (SSSR count). The second-order valence-electron chi connectivity index (χ2n) is 4.25. The van der Waals surface area contributed by atoms with Gasteiger partial charge in [0.1, 0.15) is 5.75 Å². The van der Waals surface area contributed by atoms with Crippen LogP contribution in [0.25, 0.3) is 0 Å². The van der Waals surface area contributed by atoms with Gasteiger partial charge in [-0.1, -0.05) is 12.1 Å². The third kappa shape index (κ3) is 5.87. The Labute approximate surface area is 112 Å². The van der Waals surface area contributed by atoms with Crippen LogP contribution in [0.2, 0.25) is 0 Å². The zero-order valence-corrected chi connectivity index (χ0v) is 10.8. The Balaban J connectivity index is 2.32. The lowest BCUT2D eigenvalue weighted by Gasteiger charge is -2.12. The van der Waals surface area contributed by atoms with E-state index in [9.17, 15) is 9.59 Å². The molecule has 1 atom stereocenters. The first-order chi connectivity index (χ1) is 8.99. The predicted octanol–water partition coefficient (Wildman–Crippen LogP) is -0.486. The summed E-state index contributed by atoms with van der Waals surface area (Å²) in [6.07, 6.45) is 0.395. The highest BCUT2D eigenvalue weighted by Gasteiger charge is 2.13. The van der Waals surface area contributed by atoms with Crippen LogP contribution in [0.4, 0.5) is 0 Å². The number of carbonyl (C=O) groups excluding carboxylic acids is 2. The first-order valence-corrected chi connectivity index (χ1v) is 6.04. The van der Waals surface area contributed by atoms with Crippen LogP contribution in [0, 0.1) is 0 Å². The van der Waals surface area contributed by atoms with Gasteiger partial charge in [-0.05, 0) is 24.1 Å². The van der Waals surface area contributed by atoms with Gasteiger partial charge in [-0.2, -0.15) is 0 Å². The average molecular weight is 265 g/mol. The first-order valence-electron chi connectivity index (χ1n) is 6.04. The van der Waals surface area contributed by atoms with Gasteiger partial charge in [0, 0.05) is 20.0 Å². The van der Waals surface area contributed by atoms with Crippen LogP contribution in [0.5, 0.6) is 5.75 Å². The smallest absolute Gasteiger partial charge is 0.237 e. The molecule has 0 saturated carbocycles. The molecule has 0 aliphatic rings. The Morgan fingerprint density at radius 3 is 2.37 bits per heavy atom. The molecule has 0 aliphatic carbocycles. The number of rotatable bonds is 6. The highest BCUT2D eigenvalue weighted by atomic mass is 16.3. The summed E-state index contributed by atoms with van der Waals surface area (Å²) in [5.41, 5.74) is 6.64. The van der Waals surface area contributed by atoms with Gasteiger partial charge >= 0.3 is 0 Å². The molecule has 0 heterocycles. The standard InChI is InChI=1S/C13H19N3O3/c1-9(17)15-6-7-16-13(19)12(14)8-10-2-4-11(18)5-3-10/h2-5,12,18H,6-8,14H2,1H3,(H,15,17)(H,16,19)/t12-/m0/s1. The van der Waals surface area contributed by atoms with E-state index in [-0.39, 0.29) is 17.6 Å². The summed E-state index contributed by atoms with van der Waals surface area (Å²) < 4.78 is 0. The summed E-state index contributed by atoms with van der Waals surface area (Å²) in [4.78, 5) is 22.3. The van der Waals surface area contributed by atoms with Gasteiger partial charge in [0.2, 0.25) is 11.8 Å². The van der Waals surface area contributed by atoms with E-state index in [2.05, 4.69) is 10.6 Å². The quantitative estimate of drug-likeness (QED) is 0.521. The van der Waals surface area contributed by atoms with Crippen molar-refractivity contribution in [3.63, 3.8) is 0 Å². The topological polar surface area (TPSA) is 104 Å². The molecule has 0 unspecified atom stereocenters. The molecular formula is C13H19N3O3. The normalized spacial score (nSPS) is 11.7. The molecule has 6 heteroatoms. The van der Waals surface area contributed by atoms with Crippen molar-refractivity contribution in [2.24, 2.45) is 5.73 Å². The minimum atomic E-state index is -0.651. The van der Waals surface area contributed by atoms with Gasteiger partial charge < -0.3 is 21.5 Å². The molecule has 0 aliphatic heterocycles. The van der Waals surface area contributed by atoms with Crippen LogP contribution in [0.1, 0.15) is 12.5 Å². The molecule has 1 aromatic carbocycles. The number of benzene rings is 1. The highest BCUT2D eigenvalue weighted by molar-refractivity contribution is 5.81. The summed E-state index contributed by atoms with van der Waals surface area (Å²) in [6, 6.07) is 5.90. The second-order valence-corrected chi connectivity index (χ2v) is 4.25. The Hall–Kier alpha value is -2.08. The van der Waals surface area contributed by atoms with Crippen LogP contribution in [-0.4, -0.2) is 36.1 Å². The van der Waals surface area contributed by atoms with Crippen LogP contribution >= 0.6 is 0 Å². The van der Waals surface area contributed by atoms with Crippen molar-refractivity contribution in [2.75, 3.05) is 13.1 Å². The summed E-state index contributed by atoms with van der Waals surface area (Å²) in [6.45, 7) is 2.15. The number of carbonyl (C=O) groups is 2. The van der Waals surface area contributed by atoms with Crippen molar-refractivity contribution in [3.05, 3.63) is 29.8 Å². The van der Waals surface area contributed by atoms with Crippen LogP contribution in [0.15, 0.2) is 24.3 Å². The SMILES string of the molecule is CC(=O)NCCNC(=O)[C@@H](N)Cc1ccc(O)cc1. The van der Waals surface area contributed by atoms with Gasteiger partial charge in [-0.15, -0.1) is 0 Å². The maximum Gasteiger partial charge on any atom is 0.237 e. The molecule has 2 amide bonds. The number of hydrogen-bond acceptors (Lipinski definition) is 4. The molecule has 0 aromatic heterocycles. The zero-order valence-electron chi connectivity index (χ0n) is 10.8. The third-order valence-electron chi connectivity index (χ3n) is 2.53. The van der Waals surface area contributed by atoms with Crippen molar-refractivity contribution in [1.29, 1.82) is 0 Å². The van der Waals surface area contributed by atoms with E-state index in [0.717, 1.165) is 5.56 Å². The van der Waals surface area contributed by atoms with E-state index in [0.29, 0.717) is 19.5 Å². The molecule has 0 bridgehead atoms. The predicted molar refractivity (Wildman–Crippen MR) is 71.5 cm³/mol. The maximum absolute atomic E-state index is 11.7. The Morgan fingerprint density at radius 1 is 1.21 bits per heavy atom. The maximum atomic E-state index is 11.7. The molecule has 0 fully saturated rings. The minimum Gasteiger partial charge on any atom is -0.508 e. The van der Waals surface area contributed by atoms with Gasteiger partial charge in [0.15, 0.2) is 0 Å². The lowest BCUT2D eigenvalue weighted by Crippen LogP contribution is -2.44. The minimum absolute atomic E-state index is 0.136. The van der Waals surface area contributed by atoms with E-state index >= 15 is 0 Å². The van der Waals surface area contributed by atoms with E-state index in [1.54, 1.807) is 24.3 Å². The van der Waals surface area contributed by atoms with Crippen LogP contribution < -0.4 is 16.4 Å². The number of amides is 2. The van der Waals surface area contributed by atoms with E-state index in [1.807, 2.05) is 0 Å². The Kier molecular flexibility index (Phi) is 5.81. The second kappa shape index (κ2) is 7.38. The highest BCUT2D eigenvalue weighted by Crippen LogP contribution is 2.10. The molecule has 1 aromatic rings. The van der Waals surface area contributed by atoms with Crippen molar-refractivity contribution < 1.29 is 14.7 Å². The van der Waals surface area contributed by atoms with Crippen molar-refractivity contribution in [1.82, 2.24) is 10.6 Å². The van der Waals surface area contributed by atoms with Gasteiger partial charge in [-0.25, -0.2) is 0 Å². The summed E-state index contributed by atoms with van der Waals surface area (Å²) in [5, 5.41) is 14.4. The van der Waals surface area contributed by atoms with Crippen LogP contribution in [0.3, 0.4) is 0 Å². The fourth-order valence-electron chi connectivity index (χ4n) is 1.53. The number of phenols is 1. The van der Waals surface area contributed by atoms with Crippen molar-refractivity contribution in [2.45, 2.75) is 19.4 Å². The lowest BCUT2D eigenvalue weighted by molar-refractivity contribution is -0.123. The number of phenolic OH excluding ortho intramolecular Hbond substituents is 1. The number of hydrogen-bond donors (Lipinski definition) is 4. The molecule has 104 valence electrons.